The van der Waals surface area contributed by atoms with Crippen LogP contribution >= 0.6 is 11.3 Å². The highest BCUT2D eigenvalue weighted by molar-refractivity contribution is 7.93. The Labute approximate surface area is 151 Å². The van der Waals surface area contributed by atoms with Crippen molar-refractivity contribution in [2.45, 2.75) is 31.1 Å². The number of aromatic nitrogens is 1. The highest BCUT2D eigenvalue weighted by atomic mass is 32.2. The number of hydrogen-bond donors (Lipinski definition) is 2. The highest BCUT2D eigenvalue weighted by Gasteiger charge is 2.18. The Morgan fingerprint density at radius 3 is 2.60 bits per heavy atom. The minimum atomic E-state index is -3.76. The molecule has 0 fully saturated rings. The first-order chi connectivity index (χ1) is 12.0. The molecule has 2 aromatic rings. The zero-order chi connectivity index (χ0) is 18.3. The molecule has 0 unspecified atom stereocenters. The zero-order valence-corrected chi connectivity index (χ0v) is 15.7. The third-order valence-corrected chi connectivity index (χ3v) is 5.64. The number of sulfonamides is 1. The normalized spacial score (nSPS) is 11.1. The summed E-state index contributed by atoms with van der Waals surface area (Å²) in [6.45, 7) is 2.67. The van der Waals surface area contributed by atoms with Gasteiger partial charge >= 0.3 is 0 Å². The van der Waals surface area contributed by atoms with Crippen LogP contribution in [0.25, 0.3) is 0 Å². The number of benzene rings is 1. The van der Waals surface area contributed by atoms with Gasteiger partial charge in [0, 0.05) is 11.9 Å². The number of nitrogens with zero attached hydrogens (tertiary/aromatic N) is 1. The van der Waals surface area contributed by atoms with E-state index < -0.39 is 10.0 Å². The second-order valence-electron chi connectivity index (χ2n) is 5.28. The maximum atomic E-state index is 12.3. The van der Waals surface area contributed by atoms with Gasteiger partial charge < -0.3 is 10.1 Å². The Hall–Kier alpha value is -2.13. The van der Waals surface area contributed by atoms with Gasteiger partial charge in [0.2, 0.25) is 0 Å². The number of carbonyl (C=O) groups excluding carboxylic acids is 1. The molecule has 7 nitrogen and oxygen atoms in total. The van der Waals surface area contributed by atoms with Crippen LogP contribution in [0.2, 0.25) is 0 Å². The Kier molecular flexibility index (Phi) is 6.77. The van der Waals surface area contributed by atoms with E-state index in [1.807, 2.05) is 0 Å². The van der Waals surface area contributed by atoms with Crippen molar-refractivity contribution >= 4 is 32.4 Å². The van der Waals surface area contributed by atoms with E-state index in [9.17, 15) is 13.2 Å². The minimum absolute atomic E-state index is 0.0917. The first-order valence-corrected chi connectivity index (χ1v) is 10.2. The summed E-state index contributed by atoms with van der Waals surface area (Å²) in [7, 11) is -2.26. The number of anilines is 1. The van der Waals surface area contributed by atoms with Crippen LogP contribution in [0.5, 0.6) is 5.75 Å². The summed E-state index contributed by atoms with van der Waals surface area (Å²) in [4.78, 5) is 16.1. The molecule has 0 atom stereocenters. The maximum Gasteiger partial charge on any atom is 0.270 e. The van der Waals surface area contributed by atoms with Gasteiger partial charge in [-0.25, -0.2) is 13.4 Å². The fourth-order valence-electron chi connectivity index (χ4n) is 2.02. The van der Waals surface area contributed by atoms with Crippen molar-refractivity contribution in [3.05, 3.63) is 35.3 Å². The van der Waals surface area contributed by atoms with Crippen LogP contribution in [0.1, 0.15) is 36.7 Å². The summed E-state index contributed by atoms with van der Waals surface area (Å²) in [5, 5.41) is 4.44. The molecule has 0 radical (unpaired) electrons. The van der Waals surface area contributed by atoms with E-state index >= 15 is 0 Å². The lowest BCUT2D eigenvalue weighted by atomic mass is 10.2. The smallest absolute Gasteiger partial charge is 0.270 e. The van der Waals surface area contributed by atoms with Gasteiger partial charge in [0.1, 0.15) is 11.4 Å². The molecular formula is C16H21N3O4S2. The maximum absolute atomic E-state index is 12.3. The van der Waals surface area contributed by atoms with E-state index in [2.05, 4.69) is 21.9 Å². The predicted molar refractivity (Wildman–Crippen MR) is 97.8 cm³/mol. The molecule has 1 aromatic carbocycles. The van der Waals surface area contributed by atoms with Crippen molar-refractivity contribution < 1.29 is 17.9 Å². The van der Waals surface area contributed by atoms with Gasteiger partial charge in [0.25, 0.3) is 15.9 Å². The average Bonchev–Trinajstić information content (AvgIpc) is 3.06. The topological polar surface area (TPSA) is 97.4 Å². The molecular weight excluding hydrogens is 362 g/mol. The molecule has 25 heavy (non-hydrogen) atoms. The molecule has 1 amide bonds. The van der Waals surface area contributed by atoms with Crippen LogP contribution in [0.4, 0.5) is 5.13 Å². The van der Waals surface area contributed by atoms with Crippen molar-refractivity contribution in [2.75, 3.05) is 18.4 Å². The van der Waals surface area contributed by atoms with Gasteiger partial charge in [-0.1, -0.05) is 19.8 Å². The second kappa shape index (κ2) is 8.82. The lowest BCUT2D eigenvalue weighted by Crippen LogP contribution is -2.24. The molecule has 0 saturated heterocycles. The summed E-state index contributed by atoms with van der Waals surface area (Å²) >= 11 is 1.06. The van der Waals surface area contributed by atoms with E-state index in [4.69, 9.17) is 4.74 Å². The summed E-state index contributed by atoms with van der Waals surface area (Å²) in [5.74, 6) is 0.262. The fraction of sp³-hybridized carbons (Fsp3) is 0.375. The quantitative estimate of drug-likeness (QED) is 0.649. The van der Waals surface area contributed by atoms with Crippen molar-refractivity contribution in [1.82, 2.24) is 10.3 Å². The van der Waals surface area contributed by atoms with Crippen LogP contribution in [0.15, 0.2) is 34.5 Å². The van der Waals surface area contributed by atoms with Gasteiger partial charge in [-0.15, -0.1) is 11.3 Å². The monoisotopic (exact) mass is 383 g/mol. The summed E-state index contributed by atoms with van der Waals surface area (Å²) < 4.78 is 32.1. The number of ether oxygens (including phenoxy) is 1. The van der Waals surface area contributed by atoms with Crippen molar-refractivity contribution in [3.8, 4) is 5.75 Å². The van der Waals surface area contributed by atoms with Gasteiger partial charge in [0.05, 0.1) is 12.0 Å². The molecule has 0 aliphatic carbocycles. The van der Waals surface area contributed by atoms with Crippen LogP contribution in [-0.2, 0) is 10.0 Å². The molecule has 0 spiro atoms. The number of amides is 1. The van der Waals surface area contributed by atoms with Crippen LogP contribution in [0.3, 0.4) is 0 Å². The van der Waals surface area contributed by atoms with Gasteiger partial charge in [-0.3, -0.25) is 9.52 Å². The predicted octanol–water partition coefficient (Wildman–Crippen LogP) is 2.87. The number of unbranched alkanes of at least 4 members (excludes halogenated alkanes) is 2. The van der Waals surface area contributed by atoms with Crippen molar-refractivity contribution in [2.24, 2.45) is 0 Å². The average molecular weight is 383 g/mol. The van der Waals surface area contributed by atoms with Crippen molar-refractivity contribution in [1.29, 1.82) is 0 Å². The molecule has 9 heteroatoms. The molecule has 1 heterocycles. The lowest BCUT2D eigenvalue weighted by molar-refractivity contribution is 0.0948. The summed E-state index contributed by atoms with van der Waals surface area (Å²) in [5.41, 5.74) is 0.203. The Balaban J connectivity index is 2.00. The number of carbonyl (C=O) groups is 1. The molecule has 2 rings (SSSR count). The second-order valence-corrected chi connectivity index (χ2v) is 7.82. The zero-order valence-electron chi connectivity index (χ0n) is 14.1. The minimum Gasteiger partial charge on any atom is -0.497 e. The van der Waals surface area contributed by atoms with E-state index in [0.29, 0.717) is 12.3 Å². The third kappa shape index (κ3) is 5.43. The molecule has 0 saturated carbocycles. The van der Waals surface area contributed by atoms with Crippen LogP contribution in [-0.4, -0.2) is 33.0 Å². The molecule has 0 aliphatic heterocycles. The number of thiazole rings is 1. The Bertz CT molecular complexity index is 801. The Morgan fingerprint density at radius 1 is 1.24 bits per heavy atom. The molecule has 0 aliphatic rings. The van der Waals surface area contributed by atoms with E-state index in [1.165, 1.54) is 24.6 Å². The van der Waals surface area contributed by atoms with Crippen LogP contribution < -0.4 is 14.8 Å². The van der Waals surface area contributed by atoms with Gasteiger partial charge in [0.15, 0.2) is 5.13 Å². The van der Waals surface area contributed by atoms with E-state index in [1.54, 1.807) is 12.1 Å². The van der Waals surface area contributed by atoms with E-state index in [0.717, 1.165) is 30.6 Å². The summed E-state index contributed by atoms with van der Waals surface area (Å²) in [6.07, 6.45) is 3.03. The SMILES string of the molecule is CCCCCNC(=O)c1csc(NS(=O)(=O)c2ccc(OC)cc2)n1. The Morgan fingerprint density at radius 2 is 1.96 bits per heavy atom. The molecule has 0 bridgehead atoms. The number of methoxy groups -OCH3 is 1. The number of nitrogens with one attached hydrogen (secondary N) is 2. The van der Waals surface area contributed by atoms with Gasteiger partial charge in [-0.2, -0.15) is 0 Å². The largest absolute Gasteiger partial charge is 0.497 e. The molecule has 2 N–H and O–H groups in total. The highest BCUT2D eigenvalue weighted by Crippen LogP contribution is 2.21. The fourth-order valence-corrected chi connectivity index (χ4v) is 3.96. The van der Waals surface area contributed by atoms with E-state index in [-0.39, 0.29) is 21.6 Å². The summed E-state index contributed by atoms with van der Waals surface area (Å²) in [6, 6.07) is 6.00. The third-order valence-electron chi connectivity index (χ3n) is 3.39. The first-order valence-electron chi connectivity index (χ1n) is 7.87. The number of hydrogen-bond acceptors (Lipinski definition) is 6. The first kappa shape index (κ1) is 19.2. The lowest BCUT2D eigenvalue weighted by Gasteiger charge is -2.06. The van der Waals surface area contributed by atoms with Crippen molar-refractivity contribution in [3.63, 3.8) is 0 Å². The van der Waals surface area contributed by atoms with Crippen LogP contribution in [0, 0.1) is 0 Å². The number of rotatable bonds is 9. The van der Waals surface area contributed by atoms with Gasteiger partial charge in [-0.05, 0) is 30.7 Å². The standard InChI is InChI=1S/C16H21N3O4S2/c1-3-4-5-10-17-15(20)14-11-24-16(18-14)19-25(21,22)13-8-6-12(23-2)7-9-13/h6-9,11H,3-5,10H2,1-2H3,(H,17,20)(H,18,19). The molecule has 1 aromatic heterocycles. The molecule has 136 valence electrons.